The van der Waals surface area contributed by atoms with E-state index < -0.39 is 15.9 Å². The van der Waals surface area contributed by atoms with Gasteiger partial charge in [0.1, 0.15) is 0 Å². The summed E-state index contributed by atoms with van der Waals surface area (Å²) in [5.41, 5.74) is 2.18. The number of anilines is 2. The van der Waals surface area contributed by atoms with Gasteiger partial charge in [0, 0.05) is 23.3 Å². The van der Waals surface area contributed by atoms with Gasteiger partial charge in [0.15, 0.2) is 0 Å². The molecule has 0 heterocycles. The molecule has 3 rings (SSSR count). The average molecular weight is 415 g/mol. The van der Waals surface area contributed by atoms with Crippen molar-refractivity contribution < 1.29 is 13.2 Å². The van der Waals surface area contributed by atoms with Gasteiger partial charge in [-0.2, -0.15) is 0 Å². The molecule has 1 amide bonds. The summed E-state index contributed by atoms with van der Waals surface area (Å²) in [4.78, 5) is 12.6. The van der Waals surface area contributed by atoms with Crippen LogP contribution in [-0.2, 0) is 10.0 Å². The van der Waals surface area contributed by atoms with Crippen LogP contribution in [0.5, 0.6) is 0 Å². The molecular formula is C21H19ClN2O3S. The molecule has 7 heteroatoms. The summed E-state index contributed by atoms with van der Waals surface area (Å²) in [6, 6.07) is 19.9. The largest absolute Gasteiger partial charge is 0.322 e. The zero-order valence-corrected chi connectivity index (χ0v) is 17.0. The Morgan fingerprint density at radius 3 is 2.39 bits per heavy atom. The van der Waals surface area contributed by atoms with Crippen molar-refractivity contribution in [3.05, 3.63) is 88.9 Å². The highest BCUT2D eigenvalue weighted by molar-refractivity contribution is 7.92. The van der Waals surface area contributed by atoms with E-state index in [1.54, 1.807) is 48.5 Å². The van der Waals surface area contributed by atoms with Crippen molar-refractivity contribution in [2.75, 3.05) is 16.7 Å². The molecule has 5 nitrogen and oxygen atoms in total. The van der Waals surface area contributed by atoms with Gasteiger partial charge in [0.05, 0.1) is 10.6 Å². The lowest BCUT2D eigenvalue weighted by molar-refractivity contribution is 0.102. The Kier molecular flexibility index (Phi) is 5.72. The fraction of sp³-hybridized carbons (Fsp3) is 0.0952. The number of carbonyl (C=O) groups is 1. The number of hydrogen-bond acceptors (Lipinski definition) is 3. The molecule has 0 fully saturated rings. The van der Waals surface area contributed by atoms with Crippen LogP contribution in [0, 0.1) is 6.92 Å². The van der Waals surface area contributed by atoms with Gasteiger partial charge in [-0.3, -0.25) is 9.10 Å². The minimum absolute atomic E-state index is 0.0389. The molecule has 3 aromatic rings. The lowest BCUT2D eigenvalue weighted by Gasteiger charge is -2.21. The fourth-order valence-corrected chi connectivity index (χ4v) is 4.27. The van der Waals surface area contributed by atoms with Gasteiger partial charge in [-0.25, -0.2) is 8.42 Å². The highest BCUT2D eigenvalue weighted by Gasteiger charge is 2.23. The molecule has 0 radical (unpaired) electrons. The van der Waals surface area contributed by atoms with Gasteiger partial charge < -0.3 is 5.32 Å². The molecular weight excluding hydrogens is 396 g/mol. The minimum Gasteiger partial charge on any atom is -0.322 e. The molecule has 0 aliphatic heterocycles. The Bertz CT molecular complexity index is 1130. The lowest BCUT2D eigenvalue weighted by Crippen LogP contribution is -2.27. The van der Waals surface area contributed by atoms with Gasteiger partial charge in [-0.05, 0) is 55.0 Å². The van der Waals surface area contributed by atoms with E-state index in [0.29, 0.717) is 16.4 Å². The van der Waals surface area contributed by atoms with Crippen LogP contribution in [0.2, 0.25) is 5.02 Å². The quantitative estimate of drug-likeness (QED) is 0.656. The van der Waals surface area contributed by atoms with Crippen LogP contribution in [-0.4, -0.2) is 21.4 Å². The Labute approximate surface area is 169 Å². The molecule has 0 saturated heterocycles. The number of carbonyl (C=O) groups excluding carboxylic acids is 1. The molecule has 0 aliphatic carbocycles. The zero-order valence-electron chi connectivity index (χ0n) is 15.4. The minimum atomic E-state index is -3.82. The van der Waals surface area contributed by atoms with E-state index in [9.17, 15) is 13.2 Å². The number of rotatable bonds is 5. The highest BCUT2D eigenvalue weighted by atomic mass is 35.5. The Hall–Kier alpha value is -2.83. The molecule has 1 N–H and O–H groups in total. The van der Waals surface area contributed by atoms with Crippen LogP contribution in [0.1, 0.15) is 15.9 Å². The van der Waals surface area contributed by atoms with Crippen LogP contribution < -0.4 is 9.62 Å². The number of para-hydroxylation sites is 1. The summed E-state index contributed by atoms with van der Waals surface area (Å²) < 4.78 is 27.3. The molecule has 0 bridgehead atoms. The topological polar surface area (TPSA) is 66.5 Å². The first-order chi connectivity index (χ1) is 13.3. The number of hydrogen-bond donors (Lipinski definition) is 1. The predicted octanol–water partition coefficient (Wildman–Crippen LogP) is 4.73. The molecule has 28 heavy (non-hydrogen) atoms. The number of nitrogens with zero attached hydrogens (tertiary/aromatic N) is 1. The summed E-state index contributed by atoms with van der Waals surface area (Å²) in [7, 11) is -2.32. The lowest BCUT2D eigenvalue weighted by atomic mass is 10.2. The van der Waals surface area contributed by atoms with E-state index in [-0.39, 0.29) is 10.5 Å². The summed E-state index contributed by atoms with van der Waals surface area (Å²) in [6.07, 6.45) is 0. The van der Waals surface area contributed by atoms with Crippen molar-refractivity contribution in [2.45, 2.75) is 11.8 Å². The molecule has 0 aromatic heterocycles. The molecule has 0 unspecified atom stereocenters. The Morgan fingerprint density at radius 2 is 1.68 bits per heavy atom. The van der Waals surface area contributed by atoms with E-state index >= 15 is 0 Å². The van der Waals surface area contributed by atoms with Gasteiger partial charge >= 0.3 is 0 Å². The highest BCUT2D eigenvalue weighted by Crippen LogP contribution is 2.25. The maximum absolute atomic E-state index is 13.0. The Morgan fingerprint density at radius 1 is 0.964 bits per heavy atom. The second-order valence-corrected chi connectivity index (χ2v) is 8.66. The van der Waals surface area contributed by atoms with Crippen molar-refractivity contribution in [2.24, 2.45) is 0 Å². The van der Waals surface area contributed by atoms with E-state index in [0.717, 1.165) is 5.56 Å². The van der Waals surface area contributed by atoms with Crippen LogP contribution >= 0.6 is 11.6 Å². The summed E-state index contributed by atoms with van der Waals surface area (Å²) in [5, 5.41) is 3.21. The van der Waals surface area contributed by atoms with Crippen molar-refractivity contribution in [1.82, 2.24) is 0 Å². The van der Waals surface area contributed by atoms with Crippen LogP contribution in [0.4, 0.5) is 11.4 Å². The van der Waals surface area contributed by atoms with Crippen molar-refractivity contribution >= 4 is 38.9 Å². The van der Waals surface area contributed by atoms with Gasteiger partial charge in [-0.15, -0.1) is 0 Å². The summed E-state index contributed by atoms with van der Waals surface area (Å²) in [6.45, 7) is 1.84. The van der Waals surface area contributed by atoms with Crippen LogP contribution in [0.15, 0.2) is 77.7 Å². The first-order valence-electron chi connectivity index (χ1n) is 8.50. The van der Waals surface area contributed by atoms with Crippen molar-refractivity contribution in [3.8, 4) is 0 Å². The van der Waals surface area contributed by atoms with Crippen molar-refractivity contribution in [1.29, 1.82) is 0 Å². The smallest absolute Gasteiger partial charge is 0.264 e. The van der Waals surface area contributed by atoms with Crippen molar-refractivity contribution in [3.63, 3.8) is 0 Å². The normalized spacial score (nSPS) is 11.1. The molecule has 144 valence electrons. The standard InChI is InChI=1S/C21H19ClN2O3S/c1-15-7-3-4-12-20(15)24(2)28(26,27)19-11-5-8-16(13-19)21(25)23-18-10-6-9-17(22)14-18/h3-14H,1-2H3,(H,23,25). The monoisotopic (exact) mass is 414 g/mol. The van der Waals surface area contributed by atoms with Gasteiger partial charge in [-0.1, -0.05) is 41.9 Å². The molecule has 0 spiro atoms. The second-order valence-electron chi connectivity index (χ2n) is 6.25. The predicted molar refractivity (Wildman–Crippen MR) is 113 cm³/mol. The number of sulfonamides is 1. The number of amides is 1. The molecule has 0 saturated carbocycles. The van der Waals surface area contributed by atoms with Gasteiger partial charge in [0.2, 0.25) is 0 Å². The summed E-state index contributed by atoms with van der Waals surface area (Å²) >= 11 is 5.93. The Balaban J connectivity index is 1.90. The second kappa shape index (κ2) is 8.04. The third-order valence-electron chi connectivity index (χ3n) is 4.29. The molecule has 3 aromatic carbocycles. The first-order valence-corrected chi connectivity index (χ1v) is 10.3. The van der Waals surface area contributed by atoms with E-state index in [4.69, 9.17) is 11.6 Å². The maximum atomic E-state index is 13.0. The fourth-order valence-electron chi connectivity index (χ4n) is 2.77. The first kappa shape index (κ1) is 19.9. The number of halogens is 1. The molecule has 0 aliphatic rings. The zero-order chi connectivity index (χ0) is 20.3. The third-order valence-corrected chi connectivity index (χ3v) is 6.29. The maximum Gasteiger partial charge on any atom is 0.264 e. The average Bonchev–Trinajstić information content (AvgIpc) is 2.68. The number of benzene rings is 3. The van der Waals surface area contributed by atoms with Crippen LogP contribution in [0.25, 0.3) is 0 Å². The van der Waals surface area contributed by atoms with Gasteiger partial charge in [0.25, 0.3) is 15.9 Å². The third kappa shape index (κ3) is 4.18. The molecule has 0 atom stereocenters. The van der Waals surface area contributed by atoms with E-state index in [1.807, 2.05) is 19.1 Å². The SMILES string of the molecule is Cc1ccccc1N(C)S(=O)(=O)c1cccc(C(=O)Nc2cccc(Cl)c2)c1. The summed E-state index contributed by atoms with van der Waals surface area (Å²) in [5.74, 6) is -0.419. The van der Waals surface area contributed by atoms with E-state index in [2.05, 4.69) is 5.32 Å². The van der Waals surface area contributed by atoms with E-state index in [1.165, 1.54) is 23.5 Å². The number of aryl methyl sites for hydroxylation is 1. The number of nitrogens with one attached hydrogen (secondary N) is 1. The van der Waals surface area contributed by atoms with Crippen LogP contribution in [0.3, 0.4) is 0 Å².